The van der Waals surface area contributed by atoms with Gasteiger partial charge in [0, 0.05) is 36.7 Å². The molecular weight excluding hydrogens is 394 g/mol. The Morgan fingerprint density at radius 1 is 1.13 bits per heavy atom. The van der Waals surface area contributed by atoms with Gasteiger partial charge < -0.3 is 10.2 Å². The lowest BCUT2D eigenvalue weighted by molar-refractivity contribution is -0.120. The summed E-state index contributed by atoms with van der Waals surface area (Å²) in [6.07, 6.45) is 6.94. The van der Waals surface area contributed by atoms with E-state index >= 15 is 0 Å². The van der Waals surface area contributed by atoms with Gasteiger partial charge in [0.2, 0.25) is 5.91 Å². The number of hydrogen-bond acceptors (Lipinski definition) is 6. The van der Waals surface area contributed by atoms with Gasteiger partial charge in [0.25, 0.3) is 0 Å². The molecule has 1 aliphatic rings. The zero-order valence-corrected chi connectivity index (χ0v) is 17.2. The number of carbonyl (C=O) groups excluding carboxylic acids is 1. The molecule has 1 unspecified atom stereocenters. The summed E-state index contributed by atoms with van der Waals surface area (Å²) in [5.74, 6) is 0.796. The van der Waals surface area contributed by atoms with Gasteiger partial charge in [-0.25, -0.2) is 9.97 Å². The largest absolute Gasteiger partial charge is 0.355 e. The van der Waals surface area contributed by atoms with Crippen molar-refractivity contribution in [3.63, 3.8) is 0 Å². The third-order valence-corrected chi connectivity index (χ3v) is 6.42. The monoisotopic (exact) mass is 415 g/mol. The number of piperidine rings is 1. The zero-order valence-electron chi connectivity index (χ0n) is 16.4. The lowest BCUT2D eigenvalue weighted by Gasteiger charge is -2.32. The van der Waals surface area contributed by atoms with E-state index in [4.69, 9.17) is 4.98 Å². The number of rotatable bonds is 4. The van der Waals surface area contributed by atoms with Crippen LogP contribution >= 0.6 is 11.3 Å². The quantitative estimate of drug-likeness (QED) is 0.527. The van der Waals surface area contributed by atoms with E-state index in [1.54, 1.807) is 29.9 Å². The number of carbonyl (C=O) groups is 1. The number of nitrogens with one attached hydrogen (secondary N) is 1. The molecule has 7 heteroatoms. The molecule has 0 bridgehead atoms. The molecular formula is C23H21N5OS. The second-order valence-corrected chi connectivity index (χ2v) is 8.44. The van der Waals surface area contributed by atoms with Gasteiger partial charge >= 0.3 is 0 Å². The van der Waals surface area contributed by atoms with Gasteiger partial charge in [-0.15, -0.1) is 11.3 Å². The number of hydrogen-bond donors (Lipinski definition) is 1. The van der Waals surface area contributed by atoms with E-state index in [-0.39, 0.29) is 11.8 Å². The van der Waals surface area contributed by atoms with Crippen molar-refractivity contribution in [2.75, 3.05) is 23.3 Å². The lowest BCUT2D eigenvalue weighted by atomic mass is 9.97. The van der Waals surface area contributed by atoms with Crippen LogP contribution in [-0.4, -0.2) is 33.9 Å². The molecule has 0 spiro atoms. The molecule has 150 valence electrons. The molecule has 2 aromatic heterocycles. The number of amides is 1. The SMILES string of the molecule is O=C(Nc1cccc(-c2nc3ccccc3s2)c1)C1CCCN(c2cnccn2)C1. The Hall–Kier alpha value is -3.32. The predicted molar refractivity (Wildman–Crippen MR) is 121 cm³/mol. The molecule has 0 aliphatic carbocycles. The number of benzene rings is 2. The van der Waals surface area contributed by atoms with Crippen LogP contribution in [0.4, 0.5) is 11.5 Å². The summed E-state index contributed by atoms with van der Waals surface area (Å²) in [6, 6.07) is 16.0. The maximum absolute atomic E-state index is 12.9. The van der Waals surface area contributed by atoms with Crippen molar-refractivity contribution < 1.29 is 4.79 Å². The Kier molecular flexibility index (Phi) is 5.11. The van der Waals surface area contributed by atoms with Gasteiger partial charge in [-0.2, -0.15) is 0 Å². The van der Waals surface area contributed by atoms with Crippen LogP contribution in [0.1, 0.15) is 12.8 Å². The minimum atomic E-state index is -0.0770. The van der Waals surface area contributed by atoms with Gasteiger partial charge in [0.1, 0.15) is 10.8 Å². The van der Waals surface area contributed by atoms with Crippen LogP contribution in [0.15, 0.2) is 67.1 Å². The molecule has 5 rings (SSSR count). The molecule has 1 N–H and O–H groups in total. The molecule has 1 saturated heterocycles. The van der Waals surface area contributed by atoms with Crippen LogP contribution in [0.3, 0.4) is 0 Å². The Morgan fingerprint density at radius 2 is 2.07 bits per heavy atom. The summed E-state index contributed by atoms with van der Waals surface area (Å²) in [4.78, 5) is 28.3. The highest BCUT2D eigenvalue weighted by atomic mass is 32.1. The van der Waals surface area contributed by atoms with E-state index in [0.717, 1.165) is 51.7 Å². The van der Waals surface area contributed by atoms with Gasteiger partial charge in [-0.05, 0) is 37.1 Å². The van der Waals surface area contributed by atoms with Gasteiger partial charge in [0.15, 0.2) is 0 Å². The molecule has 0 saturated carbocycles. The average Bonchev–Trinajstić information content (AvgIpc) is 3.24. The summed E-state index contributed by atoms with van der Waals surface area (Å²) >= 11 is 1.66. The smallest absolute Gasteiger partial charge is 0.229 e. The Morgan fingerprint density at radius 3 is 2.93 bits per heavy atom. The molecule has 30 heavy (non-hydrogen) atoms. The van der Waals surface area contributed by atoms with Crippen molar-refractivity contribution in [3.8, 4) is 10.6 Å². The van der Waals surface area contributed by atoms with Crippen LogP contribution in [-0.2, 0) is 4.79 Å². The normalized spacial score (nSPS) is 16.5. The molecule has 0 radical (unpaired) electrons. The minimum absolute atomic E-state index is 0.0463. The molecule has 4 aromatic rings. The number of fused-ring (bicyclic) bond motifs is 1. The highest BCUT2D eigenvalue weighted by Gasteiger charge is 2.26. The molecule has 2 aromatic carbocycles. The van der Waals surface area contributed by atoms with E-state index in [0.29, 0.717) is 6.54 Å². The number of thiazole rings is 1. The highest BCUT2D eigenvalue weighted by molar-refractivity contribution is 7.21. The van der Waals surface area contributed by atoms with E-state index < -0.39 is 0 Å². The first-order valence-corrected chi connectivity index (χ1v) is 10.9. The van der Waals surface area contributed by atoms with E-state index in [1.807, 2.05) is 42.5 Å². The third kappa shape index (κ3) is 3.89. The number of aromatic nitrogens is 3. The second-order valence-electron chi connectivity index (χ2n) is 7.41. The summed E-state index contributed by atoms with van der Waals surface area (Å²) in [5, 5.41) is 4.06. The number of para-hydroxylation sites is 1. The van der Waals surface area contributed by atoms with Crippen LogP contribution in [0.5, 0.6) is 0 Å². The summed E-state index contributed by atoms with van der Waals surface area (Å²) < 4.78 is 1.16. The molecule has 1 fully saturated rings. The van der Waals surface area contributed by atoms with Crippen molar-refractivity contribution in [2.45, 2.75) is 12.8 Å². The zero-order chi connectivity index (χ0) is 20.3. The van der Waals surface area contributed by atoms with Gasteiger partial charge in [0.05, 0.1) is 22.3 Å². The molecule has 1 aliphatic heterocycles. The first-order chi connectivity index (χ1) is 14.8. The summed E-state index contributed by atoms with van der Waals surface area (Å²) in [5.41, 5.74) is 2.81. The summed E-state index contributed by atoms with van der Waals surface area (Å²) in [6.45, 7) is 1.55. The lowest BCUT2D eigenvalue weighted by Crippen LogP contribution is -2.41. The first kappa shape index (κ1) is 18.7. The third-order valence-electron chi connectivity index (χ3n) is 5.34. The molecule has 1 amide bonds. The fourth-order valence-electron chi connectivity index (χ4n) is 3.82. The fourth-order valence-corrected chi connectivity index (χ4v) is 4.79. The van der Waals surface area contributed by atoms with Crippen molar-refractivity contribution in [3.05, 3.63) is 67.1 Å². The van der Waals surface area contributed by atoms with Gasteiger partial charge in [-0.3, -0.25) is 9.78 Å². The standard InChI is InChI=1S/C23H21N5OS/c29-22(17-6-4-12-28(15-17)21-14-24-10-11-25-21)26-18-7-3-5-16(13-18)23-27-19-8-1-2-9-20(19)30-23/h1-3,5,7-11,13-14,17H,4,6,12,15H2,(H,26,29). The Balaban J connectivity index is 1.31. The first-order valence-electron chi connectivity index (χ1n) is 10.0. The predicted octanol–water partition coefficient (Wildman–Crippen LogP) is 4.61. The van der Waals surface area contributed by atoms with Crippen LogP contribution in [0.2, 0.25) is 0 Å². The van der Waals surface area contributed by atoms with Crippen LogP contribution < -0.4 is 10.2 Å². The number of anilines is 2. The average molecular weight is 416 g/mol. The maximum atomic E-state index is 12.9. The van der Waals surface area contributed by atoms with E-state index in [1.165, 1.54) is 0 Å². The van der Waals surface area contributed by atoms with Crippen LogP contribution in [0, 0.1) is 5.92 Å². The molecule has 1 atom stereocenters. The topological polar surface area (TPSA) is 71.0 Å². The van der Waals surface area contributed by atoms with Gasteiger partial charge in [-0.1, -0.05) is 24.3 Å². The minimum Gasteiger partial charge on any atom is -0.355 e. The maximum Gasteiger partial charge on any atom is 0.229 e. The van der Waals surface area contributed by atoms with Crippen molar-refractivity contribution in [2.24, 2.45) is 5.92 Å². The van der Waals surface area contributed by atoms with Crippen molar-refractivity contribution >= 4 is 39.0 Å². The van der Waals surface area contributed by atoms with E-state index in [2.05, 4.69) is 26.3 Å². The Labute approximate surface area is 178 Å². The highest BCUT2D eigenvalue weighted by Crippen LogP contribution is 2.31. The molecule has 6 nitrogen and oxygen atoms in total. The fraction of sp³-hybridized carbons (Fsp3) is 0.217. The second kappa shape index (κ2) is 8.20. The molecule has 3 heterocycles. The van der Waals surface area contributed by atoms with Crippen LogP contribution in [0.25, 0.3) is 20.8 Å². The van der Waals surface area contributed by atoms with E-state index in [9.17, 15) is 4.79 Å². The van der Waals surface area contributed by atoms with Crippen molar-refractivity contribution in [1.82, 2.24) is 15.0 Å². The van der Waals surface area contributed by atoms with Crippen molar-refractivity contribution in [1.29, 1.82) is 0 Å². The summed E-state index contributed by atoms with van der Waals surface area (Å²) in [7, 11) is 0. The number of nitrogens with zero attached hydrogens (tertiary/aromatic N) is 4. The Bertz CT molecular complexity index is 1140.